The summed E-state index contributed by atoms with van der Waals surface area (Å²) >= 11 is 1.30. The standard InChI is InChI=1S/C22H21N3OS/c1-14-10-15(2)24-22(20(14)12-23)27-13-21(26)25-16(3)18-9-8-17-6-4-5-7-19(17)11-18/h4-11,16H,13H2,1-3H3,(H,25,26). The lowest BCUT2D eigenvalue weighted by Crippen LogP contribution is -2.28. The average molecular weight is 375 g/mol. The number of hydrogen-bond acceptors (Lipinski definition) is 4. The van der Waals surface area contributed by atoms with Gasteiger partial charge in [-0.1, -0.05) is 48.2 Å². The third-order valence-corrected chi connectivity index (χ3v) is 5.39. The molecule has 0 aliphatic rings. The maximum atomic E-state index is 12.4. The summed E-state index contributed by atoms with van der Waals surface area (Å²) in [5, 5.41) is 15.3. The Morgan fingerprint density at radius 1 is 1.19 bits per heavy atom. The van der Waals surface area contributed by atoms with Crippen molar-refractivity contribution in [2.45, 2.75) is 31.8 Å². The Morgan fingerprint density at radius 3 is 2.67 bits per heavy atom. The van der Waals surface area contributed by atoms with Crippen molar-refractivity contribution in [2.75, 3.05) is 5.75 Å². The van der Waals surface area contributed by atoms with Crippen molar-refractivity contribution >= 4 is 28.4 Å². The second-order valence-corrected chi connectivity index (χ2v) is 7.52. The molecule has 1 atom stereocenters. The van der Waals surface area contributed by atoms with E-state index in [0.717, 1.165) is 22.2 Å². The number of carbonyl (C=O) groups excluding carboxylic acids is 1. The van der Waals surface area contributed by atoms with Gasteiger partial charge in [0.1, 0.15) is 11.1 Å². The number of nitriles is 1. The van der Waals surface area contributed by atoms with E-state index in [1.165, 1.54) is 17.1 Å². The number of pyridine rings is 1. The van der Waals surface area contributed by atoms with Crippen LogP contribution < -0.4 is 5.32 Å². The quantitative estimate of drug-likeness (QED) is 0.657. The monoisotopic (exact) mass is 375 g/mol. The number of nitrogens with one attached hydrogen (secondary N) is 1. The van der Waals surface area contributed by atoms with Crippen LogP contribution in [-0.2, 0) is 4.79 Å². The third-order valence-electron chi connectivity index (χ3n) is 4.41. The normalized spacial score (nSPS) is 11.8. The van der Waals surface area contributed by atoms with Crippen molar-refractivity contribution in [3.8, 4) is 6.07 Å². The first-order valence-electron chi connectivity index (χ1n) is 8.77. The van der Waals surface area contributed by atoms with E-state index in [2.05, 4.69) is 40.6 Å². The fourth-order valence-electron chi connectivity index (χ4n) is 3.02. The first-order valence-corrected chi connectivity index (χ1v) is 9.75. The van der Waals surface area contributed by atoms with Crippen molar-refractivity contribution in [1.29, 1.82) is 5.26 Å². The zero-order valence-corrected chi connectivity index (χ0v) is 16.4. The van der Waals surface area contributed by atoms with E-state index in [4.69, 9.17) is 0 Å². The molecule has 5 heteroatoms. The Morgan fingerprint density at radius 2 is 1.93 bits per heavy atom. The van der Waals surface area contributed by atoms with Crippen molar-refractivity contribution in [3.63, 3.8) is 0 Å². The van der Waals surface area contributed by atoms with Gasteiger partial charge < -0.3 is 5.32 Å². The molecule has 0 spiro atoms. The van der Waals surface area contributed by atoms with E-state index in [0.29, 0.717) is 10.6 Å². The highest BCUT2D eigenvalue weighted by atomic mass is 32.2. The summed E-state index contributed by atoms with van der Waals surface area (Å²) in [6.45, 7) is 5.75. The molecule has 4 nitrogen and oxygen atoms in total. The molecule has 27 heavy (non-hydrogen) atoms. The molecule has 0 aliphatic heterocycles. The highest BCUT2D eigenvalue weighted by Crippen LogP contribution is 2.24. The summed E-state index contributed by atoms with van der Waals surface area (Å²) in [6.07, 6.45) is 0. The predicted molar refractivity (Wildman–Crippen MR) is 110 cm³/mol. The lowest BCUT2D eigenvalue weighted by Gasteiger charge is -2.15. The van der Waals surface area contributed by atoms with Gasteiger partial charge in [0.05, 0.1) is 17.4 Å². The molecule has 3 rings (SSSR count). The number of carbonyl (C=O) groups is 1. The van der Waals surface area contributed by atoms with Crippen LogP contribution in [0.1, 0.15) is 35.3 Å². The summed E-state index contributed by atoms with van der Waals surface area (Å²) in [4.78, 5) is 16.8. The molecule has 1 N–H and O–H groups in total. The molecule has 0 fully saturated rings. The summed E-state index contributed by atoms with van der Waals surface area (Å²) in [6, 6.07) is 18.4. The minimum absolute atomic E-state index is 0.0782. The zero-order chi connectivity index (χ0) is 19.4. The molecule has 1 aromatic heterocycles. The second-order valence-electron chi connectivity index (χ2n) is 6.56. The van der Waals surface area contributed by atoms with Gasteiger partial charge in [-0.3, -0.25) is 4.79 Å². The Hall–Kier alpha value is -2.84. The topological polar surface area (TPSA) is 65.8 Å². The van der Waals surface area contributed by atoms with E-state index >= 15 is 0 Å². The number of fused-ring (bicyclic) bond motifs is 1. The smallest absolute Gasteiger partial charge is 0.230 e. The van der Waals surface area contributed by atoms with Crippen LogP contribution in [0.2, 0.25) is 0 Å². The van der Waals surface area contributed by atoms with Gasteiger partial charge in [-0.25, -0.2) is 4.98 Å². The SMILES string of the molecule is Cc1cc(C)c(C#N)c(SCC(=O)NC(C)c2ccc3ccccc3c2)n1. The largest absolute Gasteiger partial charge is 0.349 e. The minimum atomic E-state index is -0.0923. The van der Waals surface area contributed by atoms with E-state index in [-0.39, 0.29) is 17.7 Å². The molecular formula is C22H21N3OS. The van der Waals surface area contributed by atoms with Crippen LogP contribution in [0.25, 0.3) is 10.8 Å². The number of aromatic nitrogens is 1. The maximum Gasteiger partial charge on any atom is 0.230 e. The molecule has 3 aromatic rings. The molecule has 136 valence electrons. The summed E-state index contributed by atoms with van der Waals surface area (Å²) in [5.41, 5.74) is 3.34. The van der Waals surface area contributed by atoms with E-state index in [1.807, 2.05) is 45.0 Å². The van der Waals surface area contributed by atoms with Gasteiger partial charge in [0.2, 0.25) is 5.91 Å². The van der Waals surface area contributed by atoms with Gasteiger partial charge in [0, 0.05) is 5.69 Å². The number of benzene rings is 2. The fourth-order valence-corrected chi connectivity index (χ4v) is 3.93. The Balaban J connectivity index is 1.66. The highest BCUT2D eigenvalue weighted by Gasteiger charge is 2.14. The summed E-state index contributed by atoms with van der Waals surface area (Å²) in [7, 11) is 0. The van der Waals surface area contributed by atoms with Gasteiger partial charge in [0.25, 0.3) is 0 Å². The molecule has 2 aromatic carbocycles. The minimum Gasteiger partial charge on any atom is -0.349 e. The Labute approximate surface area is 163 Å². The fraction of sp³-hybridized carbons (Fsp3) is 0.227. The van der Waals surface area contributed by atoms with Crippen LogP contribution in [-0.4, -0.2) is 16.6 Å². The second kappa shape index (κ2) is 8.24. The molecular weight excluding hydrogens is 354 g/mol. The number of amides is 1. The van der Waals surface area contributed by atoms with Crippen molar-refractivity contribution in [1.82, 2.24) is 10.3 Å². The van der Waals surface area contributed by atoms with Crippen LogP contribution in [0.4, 0.5) is 0 Å². The lowest BCUT2D eigenvalue weighted by atomic mass is 10.0. The summed E-state index contributed by atoms with van der Waals surface area (Å²) < 4.78 is 0. The molecule has 0 radical (unpaired) electrons. The van der Waals surface area contributed by atoms with Gasteiger partial charge in [0.15, 0.2) is 0 Å². The Kier molecular flexibility index (Phi) is 5.78. The van der Waals surface area contributed by atoms with E-state index in [1.54, 1.807) is 0 Å². The molecule has 0 bridgehead atoms. The van der Waals surface area contributed by atoms with Crippen molar-refractivity contribution in [2.24, 2.45) is 0 Å². The van der Waals surface area contributed by atoms with E-state index < -0.39 is 0 Å². The van der Waals surface area contributed by atoms with Crippen LogP contribution in [0.3, 0.4) is 0 Å². The van der Waals surface area contributed by atoms with Gasteiger partial charge in [-0.2, -0.15) is 5.26 Å². The predicted octanol–water partition coefficient (Wildman–Crippen LogP) is 4.69. The van der Waals surface area contributed by atoms with Crippen molar-refractivity contribution in [3.05, 3.63) is 70.9 Å². The number of hydrogen-bond donors (Lipinski definition) is 1. The lowest BCUT2D eigenvalue weighted by molar-refractivity contribution is -0.119. The summed E-state index contributed by atoms with van der Waals surface area (Å²) in [5.74, 6) is 0.146. The number of nitrogens with zero attached hydrogens (tertiary/aromatic N) is 2. The van der Waals surface area contributed by atoms with Crippen LogP contribution >= 0.6 is 11.8 Å². The van der Waals surface area contributed by atoms with Crippen LogP contribution in [0.15, 0.2) is 53.6 Å². The zero-order valence-electron chi connectivity index (χ0n) is 15.6. The van der Waals surface area contributed by atoms with Gasteiger partial charge in [-0.05, 0) is 54.8 Å². The molecule has 0 aliphatic carbocycles. The van der Waals surface area contributed by atoms with Crippen molar-refractivity contribution < 1.29 is 4.79 Å². The highest BCUT2D eigenvalue weighted by molar-refractivity contribution is 8.00. The van der Waals surface area contributed by atoms with E-state index in [9.17, 15) is 10.1 Å². The molecule has 1 heterocycles. The molecule has 1 amide bonds. The number of rotatable bonds is 5. The van der Waals surface area contributed by atoms with Gasteiger partial charge in [-0.15, -0.1) is 0 Å². The molecule has 0 saturated heterocycles. The average Bonchev–Trinajstić information content (AvgIpc) is 2.65. The van der Waals surface area contributed by atoms with Gasteiger partial charge >= 0.3 is 0 Å². The third kappa shape index (κ3) is 4.47. The number of aryl methyl sites for hydroxylation is 2. The number of thioether (sulfide) groups is 1. The molecule has 1 unspecified atom stereocenters. The Bertz CT molecular complexity index is 1040. The van der Waals surface area contributed by atoms with Crippen LogP contribution in [0, 0.1) is 25.2 Å². The van der Waals surface area contributed by atoms with Crippen LogP contribution in [0.5, 0.6) is 0 Å². The molecule has 0 saturated carbocycles. The first-order chi connectivity index (χ1) is 13.0. The first kappa shape index (κ1) is 18.9. The maximum absolute atomic E-state index is 12.4.